The van der Waals surface area contributed by atoms with Gasteiger partial charge in [-0.2, -0.15) is 0 Å². The van der Waals surface area contributed by atoms with Gasteiger partial charge in [-0.05, 0) is 92.2 Å². The standard InChI is InChI=1S/C27H38N2O3S.ClH/c1-31-25-16-22-11-14-29(27(30)18-23(22)17-26(25)32-2)20-21-8-6-13-28(19-21)12-5-3-4-9-24-10-7-15-33-24;/h7,10,15-17,21H,3-6,8-9,11-14,18-20H2,1-2H3;1H. The van der Waals surface area contributed by atoms with Crippen molar-refractivity contribution in [2.24, 2.45) is 5.92 Å². The first kappa shape index (κ1) is 26.8. The van der Waals surface area contributed by atoms with Crippen LogP contribution in [0.4, 0.5) is 0 Å². The van der Waals surface area contributed by atoms with E-state index in [4.69, 9.17) is 9.47 Å². The van der Waals surface area contributed by atoms with Crippen LogP contribution < -0.4 is 9.47 Å². The molecule has 2 aliphatic heterocycles. The summed E-state index contributed by atoms with van der Waals surface area (Å²) in [5, 5.41) is 2.17. The first-order chi connectivity index (χ1) is 16.2. The number of benzene rings is 1. The third-order valence-electron chi connectivity index (χ3n) is 7.11. The van der Waals surface area contributed by atoms with E-state index in [9.17, 15) is 4.79 Å². The van der Waals surface area contributed by atoms with Crippen molar-refractivity contribution in [3.63, 3.8) is 0 Å². The summed E-state index contributed by atoms with van der Waals surface area (Å²) in [5.41, 5.74) is 2.28. The number of rotatable bonds is 10. The van der Waals surface area contributed by atoms with E-state index in [0.717, 1.165) is 37.4 Å². The van der Waals surface area contributed by atoms with Crippen molar-refractivity contribution in [2.75, 3.05) is 46.9 Å². The van der Waals surface area contributed by atoms with Crippen LogP contribution in [-0.4, -0.2) is 62.7 Å². The predicted octanol–water partition coefficient (Wildman–Crippen LogP) is 5.24. The van der Waals surface area contributed by atoms with Crippen LogP contribution in [0.15, 0.2) is 29.6 Å². The molecule has 0 bridgehead atoms. The van der Waals surface area contributed by atoms with Crippen LogP contribution in [0.2, 0.25) is 0 Å². The molecule has 7 heteroatoms. The number of nitrogens with zero attached hydrogens (tertiary/aromatic N) is 2. The zero-order valence-electron chi connectivity index (χ0n) is 20.6. The summed E-state index contributed by atoms with van der Waals surface area (Å²) in [5.74, 6) is 2.28. The second-order valence-corrected chi connectivity index (χ2v) is 10.5. The van der Waals surface area contributed by atoms with Crippen molar-refractivity contribution < 1.29 is 14.3 Å². The quantitative estimate of drug-likeness (QED) is 0.413. The molecule has 34 heavy (non-hydrogen) atoms. The SMILES string of the molecule is COc1cc2c(cc1OC)CC(=O)N(CC1CCCN(CCCCCc3cccs3)C1)CC2.Cl. The molecule has 4 rings (SSSR count). The largest absolute Gasteiger partial charge is 0.493 e. The second-order valence-electron chi connectivity index (χ2n) is 9.44. The fourth-order valence-corrected chi connectivity index (χ4v) is 6.04. The molecule has 0 N–H and O–H groups in total. The molecular weight excluding hydrogens is 468 g/mol. The van der Waals surface area contributed by atoms with Crippen molar-refractivity contribution in [3.05, 3.63) is 45.6 Å². The topological polar surface area (TPSA) is 42.0 Å². The fraction of sp³-hybridized carbons (Fsp3) is 0.593. The highest BCUT2D eigenvalue weighted by molar-refractivity contribution is 7.09. The number of thiophene rings is 1. The van der Waals surface area contributed by atoms with Crippen LogP contribution in [0.25, 0.3) is 0 Å². The number of unbranched alkanes of at least 4 members (excludes halogenated alkanes) is 2. The summed E-state index contributed by atoms with van der Waals surface area (Å²) in [7, 11) is 3.31. The van der Waals surface area contributed by atoms with Crippen LogP contribution in [-0.2, 0) is 24.1 Å². The Kier molecular flexibility index (Phi) is 10.5. The van der Waals surface area contributed by atoms with Gasteiger partial charge in [-0.1, -0.05) is 12.5 Å². The number of carbonyl (C=O) groups is 1. The Morgan fingerprint density at radius 2 is 1.85 bits per heavy atom. The van der Waals surface area contributed by atoms with Gasteiger partial charge >= 0.3 is 0 Å². The first-order valence-electron chi connectivity index (χ1n) is 12.4. The minimum Gasteiger partial charge on any atom is -0.493 e. The maximum absolute atomic E-state index is 13.1. The van der Waals surface area contributed by atoms with Gasteiger partial charge < -0.3 is 19.3 Å². The van der Waals surface area contributed by atoms with Crippen LogP contribution in [0.5, 0.6) is 11.5 Å². The van der Waals surface area contributed by atoms with Gasteiger partial charge in [0.15, 0.2) is 11.5 Å². The molecule has 3 heterocycles. The number of hydrogen-bond acceptors (Lipinski definition) is 5. The summed E-state index contributed by atoms with van der Waals surface area (Å²) in [6.45, 7) is 5.21. The van der Waals surface area contributed by atoms with Gasteiger partial charge in [0.1, 0.15) is 0 Å². The molecule has 1 fully saturated rings. The van der Waals surface area contributed by atoms with Gasteiger partial charge in [-0.3, -0.25) is 4.79 Å². The minimum absolute atomic E-state index is 0. The Hall–Kier alpha value is -1.76. The molecule has 0 saturated carbocycles. The van der Waals surface area contributed by atoms with E-state index >= 15 is 0 Å². The summed E-state index contributed by atoms with van der Waals surface area (Å²) in [6.07, 6.45) is 8.89. The van der Waals surface area contributed by atoms with E-state index in [1.54, 1.807) is 14.2 Å². The predicted molar refractivity (Wildman–Crippen MR) is 142 cm³/mol. The van der Waals surface area contributed by atoms with Gasteiger partial charge in [0.25, 0.3) is 0 Å². The number of halogens is 1. The summed E-state index contributed by atoms with van der Waals surface area (Å²) in [6, 6.07) is 8.42. The molecular formula is C27H39ClN2O3S. The van der Waals surface area contributed by atoms with Gasteiger partial charge in [0.2, 0.25) is 5.91 Å². The average molecular weight is 507 g/mol. The van der Waals surface area contributed by atoms with E-state index in [0.29, 0.717) is 18.1 Å². The highest BCUT2D eigenvalue weighted by atomic mass is 35.5. The molecule has 0 radical (unpaired) electrons. The number of piperidine rings is 1. The van der Waals surface area contributed by atoms with Crippen LogP contribution >= 0.6 is 23.7 Å². The molecule has 5 nitrogen and oxygen atoms in total. The van der Waals surface area contributed by atoms with Crippen LogP contribution in [0.3, 0.4) is 0 Å². The van der Waals surface area contributed by atoms with E-state index < -0.39 is 0 Å². The third-order valence-corrected chi connectivity index (χ3v) is 8.05. The molecule has 1 saturated heterocycles. The zero-order valence-corrected chi connectivity index (χ0v) is 22.2. The Morgan fingerprint density at radius 1 is 1.06 bits per heavy atom. The number of hydrogen-bond donors (Lipinski definition) is 0. The van der Waals surface area contributed by atoms with E-state index in [-0.39, 0.29) is 18.3 Å². The van der Waals surface area contributed by atoms with Crippen molar-refractivity contribution in [2.45, 2.75) is 51.4 Å². The monoisotopic (exact) mass is 506 g/mol. The Bertz CT molecular complexity index is 906. The molecule has 1 aromatic heterocycles. The number of ether oxygens (including phenoxy) is 2. The van der Waals surface area contributed by atoms with E-state index in [1.807, 2.05) is 23.5 Å². The smallest absolute Gasteiger partial charge is 0.227 e. The zero-order chi connectivity index (χ0) is 23.0. The average Bonchev–Trinajstić information content (AvgIpc) is 3.30. The van der Waals surface area contributed by atoms with Crippen molar-refractivity contribution in [1.82, 2.24) is 9.80 Å². The summed E-state index contributed by atoms with van der Waals surface area (Å²) < 4.78 is 10.9. The maximum atomic E-state index is 13.1. The van der Waals surface area contributed by atoms with Crippen molar-refractivity contribution >= 4 is 29.7 Å². The summed E-state index contributed by atoms with van der Waals surface area (Å²) in [4.78, 5) is 19.3. The lowest BCUT2D eigenvalue weighted by atomic mass is 9.97. The Balaban J connectivity index is 0.00000324. The van der Waals surface area contributed by atoms with Crippen molar-refractivity contribution in [1.29, 1.82) is 0 Å². The number of fused-ring (bicyclic) bond motifs is 1. The number of likely N-dealkylation sites (tertiary alicyclic amines) is 1. The molecule has 1 unspecified atom stereocenters. The molecule has 0 spiro atoms. The van der Waals surface area contributed by atoms with Gasteiger partial charge in [0.05, 0.1) is 20.6 Å². The lowest BCUT2D eigenvalue weighted by molar-refractivity contribution is -0.131. The normalized spacial score (nSPS) is 18.7. The first-order valence-corrected chi connectivity index (χ1v) is 13.3. The maximum Gasteiger partial charge on any atom is 0.227 e. The summed E-state index contributed by atoms with van der Waals surface area (Å²) >= 11 is 1.87. The van der Waals surface area contributed by atoms with Gasteiger partial charge in [0, 0.05) is 24.5 Å². The number of methoxy groups -OCH3 is 2. The molecule has 2 aliphatic rings. The second kappa shape index (κ2) is 13.4. The molecule has 1 amide bonds. The van der Waals surface area contributed by atoms with E-state index in [1.165, 1.54) is 62.1 Å². The van der Waals surface area contributed by atoms with E-state index in [2.05, 4.69) is 27.3 Å². The fourth-order valence-electron chi connectivity index (χ4n) is 5.29. The van der Waals surface area contributed by atoms with Crippen molar-refractivity contribution in [3.8, 4) is 11.5 Å². The molecule has 0 aliphatic carbocycles. The highest BCUT2D eigenvalue weighted by Gasteiger charge is 2.27. The van der Waals surface area contributed by atoms with Crippen LogP contribution in [0.1, 0.15) is 48.1 Å². The lowest BCUT2D eigenvalue weighted by Crippen LogP contribution is -2.43. The minimum atomic E-state index is 0. The van der Waals surface area contributed by atoms with Gasteiger partial charge in [-0.25, -0.2) is 0 Å². The number of aryl methyl sites for hydroxylation is 1. The Morgan fingerprint density at radius 3 is 2.59 bits per heavy atom. The number of carbonyl (C=O) groups excluding carboxylic acids is 1. The number of amides is 1. The molecule has 1 atom stereocenters. The highest BCUT2D eigenvalue weighted by Crippen LogP contribution is 2.32. The van der Waals surface area contributed by atoms with Gasteiger partial charge in [-0.15, -0.1) is 23.7 Å². The molecule has 1 aromatic carbocycles. The molecule has 188 valence electrons. The molecule has 2 aromatic rings. The lowest BCUT2D eigenvalue weighted by Gasteiger charge is -2.35. The third kappa shape index (κ3) is 7.12. The van der Waals surface area contributed by atoms with Crippen LogP contribution in [0, 0.1) is 5.92 Å². The Labute approximate surface area is 214 Å².